The molecule has 1 aliphatic heterocycles. The lowest BCUT2D eigenvalue weighted by Crippen LogP contribution is -2.31. The first-order chi connectivity index (χ1) is 15.1. The quantitative estimate of drug-likeness (QED) is 0.315. The van der Waals surface area contributed by atoms with Gasteiger partial charge in [0.2, 0.25) is 0 Å². The molecular weight excluding hydrogens is 437 g/mol. The third kappa shape index (κ3) is 9.85. The Morgan fingerprint density at radius 1 is 1.16 bits per heavy atom. The summed E-state index contributed by atoms with van der Waals surface area (Å²) in [6.07, 6.45) is 0.0678. The summed E-state index contributed by atoms with van der Waals surface area (Å²) in [6, 6.07) is 7.46. The lowest BCUT2D eigenvalue weighted by atomic mass is 10.2. The molecular formula is C22H38NO8P. The van der Waals surface area contributed by atoms with Gasteiger partial charge < -0.3 is 23.7 Å². The molecule has 1 heterocycles. The van der Waals surface area contributed by atoms with E-state index in [2.05, 4.69) is 5.09 Å². The van der Waals surface area contributed by atoms with Gasteiger partial charge in [-0.15, -0.1) is 0 Å². The van der Waals surface area contributed by atoms with Gasteiger partial charge in [-0.1, -0.05) is 12.1 Å². The molecule has 4 atom stereocenters. The summed E-state index contributed by atoms with van der Waals surface area (Å²) in [5.74, 6) is 0.780. The number of hydrogen-bond acceptors (Lipinski definition) is 8. The first-order valence-corrected chi connectivity index (χ1v) is 12.4. The van der Waals surface area contributed by atoms with Crippen LogP contribution in [0.1, 0.15) is 46.0 Å². The van der Waals surface area contributed by atoms with Gasteiger partial charge in [0.05, 0.1) is 39.1 Å². The lowest BCUT2D eigenvalue weighted by molar-refractivity contribution is -0.0750. The summed E-state index contributed by atoms with van der Waals surface area (Å²) in [4.78, 5) is 0. The van der Waals surface area contributed by atoms with Crippen LogP contribution in [0.3, 0.4) is 0 Å². The van der Waals surface area contributed by atoms with Crippen LogP contribution in [-0.2, 0) is 32.6 Å². The molecule has 0 aromatic heterocycles. The Morgan fingerprint density at radius 3 is 2.50 bits per heavy atom. The molecule has 0 saturated carbocycles. The summed E-state index contributed by atoms with van der Waals surface area (Å²) in [6.45, 7) is 9.10. The molecule has 0 spiro atoms. The van der Waals surface area contributed by atoms with Crippen LogP contribution in [0.2, 0.25) is 0 Å². The average Bonchev–Trinajstić information content (AvgIpc) is 3.19. The number of rotatable bonds is 14. The molecule has 10 heteroatoms. The molecule has 9 nitrogen and oxygen atoms in total. The minimum Gasteiger partial charge on any atom is -0.497 e. The fourth-order valence-corrected chi connectivity index (χ4v) is 4.87. The van der Waals surface area contributed by atoms with E-state index in [9.17, 15) is 4.57 Å². The van der Waals surface area contributed by atoms with Crippen LogP contribution < -0.4 is 9.82 Å². The Hall–Kier alpha value is -1.03. The second kappa shape index (κ2) is 13.0. The van der Waals surface area contributed by atoms with E-state index in [0.29, 0.717) is 26.2 Å². The maximum absolute atomic E-state index is 13.2. The molecule has 1 aromatic rings. The largest absolute Gasteiger partial charge is 0.497 e. The van der Waals surface area contributed by atoms with Gasteiger partial charge >= 0.3 is 7.75 Å². The molecule has 0 radical (unpaired) electrons. The van der Waals surface area contributed by atoms with E-state index in [1.807, 2.05) is 52.0 Å². The highest BCUT2D eigenvalue weighted by atomic mass is 31.2. The van der Waals surface area contributed by atoms with E-state index >= 15 is 0 Å². The van der Waals surface area contributed by atoms with Crippen LogP contribution >= 0.6 is 7.75 Å². The number of ether oxygens (including phenoxy) is 5. The molecule has 0 amide bonds. The van der Waals surface area contributed by atoms with Crippen molar-refractivity contribution in [3.05, 3.63) is 29.8 Å². The van der Waals surface area contributed by atoms with Crippen LogP contribution in [0.4, 0.5) is 0 Å². The van der Waals surface area contributed by atoms with Crippen molar-refractivity contribution in [3.63, 3.8) is 0 Å². The Morgan fingerprint density at radius 2 is 1.88 bits per heavy atom. The number of nitrogens with one attached hydrogen (secondary N) is 1. The Kier molecular flexibility index (Phi) is 11.1. The third-order valence-corrected chi connectivity index (χ3v) is 6.53. The zero-order valence-electron chi connectivity index (χ0n) is 20.0. The fourth-order valence-electron chi connectivity index (χ4n) is 2.98. The van der Waals surface area contributed by atoms with E-state index in [4.69, 9.17) is 32.7 Å². The normalized spacial score (nSPS) is 21.9. The van der Waals surface area contributed by atoms with E-state index in [1.54, 1.807) is 14.2 Å². The van der Waals surface area contributed by atoms with Crippen molar-refractivity contribution in [3.8, 4) is 5.75 Å². The predicted molar refractivity (Wildman–Crippen MR) is 121 cm³/mol. The van der Waals surface area contributed by atoms with Crippen LogP contribution in [0, 0.1) is 0 Å². The number of methoxy groups -OCH3 is 2. The summed E-state index contributed by atoms with van der Waals surface area (Å²) in [7, 11) is -0.256. The molecule has 1 aliphatic rings. The second-order valence-electron chi connectivity index (χ2n) is 8.62. The van der Waals surface area contributed by atoms with E-state index in [-0.39, 0.29) is 25.4 Å². The predicted octanol–water partition coefficient (Wildman–Crippen LogP) is 4.08. The molecule has 1 N–H and O–H groups in total. The van der Waals surface area contributed by atoms with Gasteiger partial charge in [0.1, 0.15) is 11.9 Å². The van der Waals surface area contributed by atoms with Crippen LogP contribution in [0.25, 0.3) is 0 Å². The summed E-state index contributed by atoms with van der Waals surface area (Å²) in [5, 5.41) is 2.97. The van der Waals surface area contributed by atoms with Gasteiger partial charge in [-0.05, 0) is 46.2 Å². The van der Waals surface area contributed by atoms with Crippen molar-refractivity contribution < 1.29 is 37.3 Å². The molecule has 1 aromatic carbocycles. The van der Waals surface area contributed by atoms with Crippen LogP contribution in [0.15, 0.2) is 24.3 Å². The molecule has 0 bridgehead atoms. The van der Waals surface area contributed by atoms with Gasteiger partial charge in [0, 0.05) is 25.3 Å². The zero-order chi connectivity index (χ0) is 23.6. The summed E-state index contributed by atoms with van der Waals surface area (Å²) in [5.41, 5.74) is 0.293. The van der Waals surface area contributed by atoms with Gasteiger partial charge in [0.25, 0.3) is 0 Å². The van der Waals surface area contributed by atoms with Crippen molar-refractivity contribution >= 4 is 7.75 Å². The Bertz CT molecular complexity index is 709. The monoisotopic (exact) mass is 475 g/mol. The van der Waals surface area contributed by atoms with Crippen LogP contribution in [0.5, 0.6) is 5.75 Å². The van der Waals surface area contributed by atoms with Gasteiger partial charge in [0.15, 0.2) is 6.29 Å². The van der Waals surface area contributed by atoms with Crippen molar-refractivity contribution in [1.29, 1.82) is 0 Å². The van der Waals surface area contributed by atoms with Crippen molar-refractivity contribution in [2.24, 2.45) is 0 Å². The molecule has 2 rings (SSSR count). The highest BCUT2D eigenvalue weighted by Crippen LogP contribution is 2.48. The first-order valence-electron chi connectivity index (χ1n) is 10.8. The van der Waals surface area contributed by atoms with Crippen LogP contribution in [-0.4, -0.2) is 65.0 Å². The van der Waals surface area contributed by atoms with E-state index in [0.717, 1.165) is 11.3 Å². The lowest BCUT2D eigenvalue weighted by Gasteiger charge is -2.29. The Labute approximate surface area is 191 Å². The molecule has 1 fully saturated rings. The minimum atomic E-state index is -3.51. The van der Waals surface area contributed by atoms with E-state index in [1.165, 1.54) is 0 Å². The van der Waals surface area contributed by atoms with Crippen molar-refractivity contribution in [2.75, 3.05) is 47.3 Å². The van der Waals surface area contributed by atoms with Gasteiger partial charge in [-0.2, -0.15) is 0 Å². The fraction of sp³-hybridized carbons (Fsp3) is 0.727. The molecule has 0 aliphatic carbocycles. The van der Waals surface area contributed by atoms with Crippen molar-refractivity contribution in [2.45, 2.75) is 58.2 Å². The summed E-state index contributed by atoms with van der Waals surface area (Å²) >= 11 is 0. The van der Waals surface area contributed by atoms with Gasteiger partial charge in [-0.3, -0.25) is 9.05 Å². The molecule has 32 heavy (non-hydrogen) atoms. The molecule has 4 unspecified atom stereocenters. The first kappa shape index (κ1) is 27.2. The molecule has 184 valence electrons. The number of benzene rings is 1. The SMILES string of the molecule is COCCC(C)NP(=O)(OCCOCC1COC(c2ccc(OC)cc2)O1)OC(C)(C)C. The van der Waals surface area contributed by atoms with E-state index < -0.39 is 19.6 Å². The third-order valence-electron chi connectivity index (χ3n) is 4.46. The second-order valence-corrected chi connectivity index (χ2v) is 10.3. The van der Waals surface area contributed by atoms with Crippen molar-refractivity contribution in [1.82, 2.24) is 5.09 Å². The molecule has 1 saturated heterocycles. The maximum Gasteiger partial charge on any atom is 0.406 e. The zero-order valence-corrected chi connectivity index (χ0v) is 20.9. The smallest absolute Gasteiger partial charge is 0.406 e. The van der Waals surface area contributed by atoms with Gasteiger partial charge in [-0.25, -0.2) is 9.65 Å². The minimum absolute atomic E-state index is 0.0945. The highest BCUT2D eigenvalue weighted by molar-refractivity contribution is 7.51. The maximum atomic E-state index is 13.2. The highest BCUT2D eigenvalue weighted by Gasteiger charge is 2.32. The Balaban J connectivity index is 1.73. The summed E-state index contributed by atoms with van der Waals surface area (Å²) < 4.78 is 52.0. The standard InChI is InChI=1S/C22H38NO8P/c1-17(11-12-25-5)23-32(24,31-22(2,3)4)29-14-13-27-15-20-16-28-21(30-20)18-7-9-19(26-6)10-8-18/h7-10,17,20-21H,11-16H2,1-6H3,(H,23,24). The average molecular weight is 476 g/mol. The number of hydrogen-bond donors (Lipinski definition) is 1. The topological polar surface area (TPSA) is 93.7 Å².